The molecule has 0 unspecified atom stereocenters. The van der Waals surface area contributed by atoms with Crippen LogP contribution in [0.2, 0.25) is 5.02 Å². The Kier molecular flexibility index (Phi) is 2.90. The van der Waals surface area contributed by atoms with Crippen molar-refractivity contribution in [3.8, 4) is 11.1 Å². The minimum Gasteiger partial charge on any atom is -0.382 e. The summed E-state index contributed by atoms with van der Waals surface area (Å²) in [6.07, 6.45) is 0. The van der Waals surface area contributed by atoms with E-state index in [2.05, 4.69) is 37.9 Å². The molecule has 3 nitrogen and oxygen atoms in total. The van der Waals surface area contributed by atoms with E-state index in [1.165, 1.54) is 6.07 Å². The molecule has 21 heavy (non-hydrogen) atoms. The van der Waals surface area contributed by atoms with E-state index >= 15 is 0 Å². The molecule has 0 aliphatic heterocycles. The van der Waals surface area contributed by atoms with Gasteiger partial charge in [0.2, 0.25) is 0 Å². The van der Waals surface area contributed by atoms with Crippen molar-refractivity contribution in [1.29, 1.82) is 0 Å². The lowest BCUT2D eigenvalue weighted by Gasteiger charge is -2.08. The summed E-state index contributed by atoms with van der Waals surface area (Å²) >= 11 is 5.90. The molecule has 3 N–H and O–H groups in total. The van der Waals surface area contributed by atoms with Crippen LogP contribution >= 0.6 is 11.6 Å². The van der Waals surface area contributed by atoms with Crippen molar-refractivity contribution in [2.45, 2.75) is 33.6 Å². The highest BCUT2D eigenvalue weighted by atomic mass is 35.5. The van der Waals surface area contributed by atoms with Gasteiger partial charge in [0.15, 0.2) is 5.82 Å². The Bertz CT molecular complexity index is 704. The molecular weight excluding hydrogens is 289 g/mol. The standard InChI is InChI=1S/C16H19ClFN3/c1-15(2)13(16(15,3)4)12-10(14(19)21-20-12)8-6-5-7-9(17)11(8)18/h5-7,13H,1-4H3,(H3,19,20,21). The second-order valence-corrected chi connectivity index (χ2v) is 7.28. The number of hydrogen-bond donors (Lipinski definition) is 2. The minimum absolute atomic E-state index is 0.0911. The first-order valence-electron chi connectivity index (χ1n) is 6.97. The van der Waals surface area contributed by atoms with Gasteiger partial charge in [-0.1, -0.05) is 51.4 Å². The number of halogens is 2. The largest absolute Gasteiger partial charge is 0.382 e. The summed E-state index contributed by atoms with van der Waals surface area (Å²) < 4.78 is 14.4. The van der Waals surface area contributed by atoms with Crippen LogP contribution in [0.15, 0.2) is 18.2 Å². The van der Waals surface area contributed by atoms with Gasteiger partial charge in [0, 0.05) is 22.7 Å². The Morgan fingerprint density at radius 3 is 2.43 bits per heavy atom. The summed E-state index contributed by atoms with van der Waals surface area (Å²) in [4.78, 5) is 0. The summed E-state index contributed by atoms with van der Waals surface area (Å²) in [5.41, 5.74) is 8.13. The number of hydrogen-bond acceptors (Lipinski definition) is 2. The molecule has 0 amide bonds. The van der Waals surface area contributed by atoms with E-state index in [-0.39, 0.29) is 21.8 Å². The first-order chi connectivity index (χ1) is 9.69. The molecule has 0 bridgehead atoms. The van der Waals surface area contributed by atoms with Gasteiger partial charge in [-0.05, 0) is 16.9 Å². The number of anilines is 1. The van der Waals surface area contributed by atoms with Gasteiger partial charge < -0.3 is 5.73 Å². The third-order valence-electron chi connectivity index (χ3n) is 5.35. The second kappa shape index (κ2) is 4.23. The van der Waals surface area contributed by atoms with E-state index in [9.17, 15) is 4.39 Å². The van der Waals surface area contributed by atoms with E-state index in [1.807, 2.05) is 0 Å². The van der Waals surface area contributed by atoms with E-state index in [0.717, 1.165) is 5.69 Å². The van der Waals surface area contributed by atoms with Crippen LogP contribution in [-0.2, 0) is 0 Å². The molecular formula is C16H19ClFN3. The number of nitrogens with zero attached hydrogens (tertiary/aromatic N) is 1. The molecule has 1 aromatic carbocycles. The summed E-state index contributed by atoms with van der Waals surface area (Å²) in [5, 5.41) is 7.20. The molecule has 1 aromatic heterocycles. The van der Waals surface area contributed by atoms with Crippen LogP contribution in [0.4, 0.5) is 10.2 Å². The number of benzene rings is 1. The molecule has 2 aromatic rings. The monoisotopic (exact) mass is 307 g/mol. The third kappa shape index (κ3) is 1.81. The maximum absolute atomic E-state index is 14.4. The van der Waals surface area contributed by atoms with Crippen LogP contribution in [0.25, 0.3) is 11.1 Å². The quantitative estimate of drug-likeness (QED) is 0.852. The Morgan fingerprint density at radius 2 is 1.86 bits per heavy atom. The van der Waals surface area contributed by atoms with E-state index < -0.39 is 5.82 Å². The molecule has 0 spiro atoms. The van der Waals surface area contributed by atoms with Crippen molar-refractivity contribution in [1.82, 2.24) is 10.2 Å². The number of aromatic nitrogens is 2. The van der Waals surface area contributed by atoms with Gasteiger partial charge in [0.05, 0.1) is 5.02 Å². The molecule has 1 saturated carbocycles. The maximum Gasteiger partial charge on any atom is 0.153 e. The Hall–Kier alpha value is -1.55. The zero-order chi connectivity index (χ0) is 15.6. The lowest BCUT2D eigenvalue weighted by molar-refractivity contribution is 0.457. The van der Waals surface area contributed by atoms with E-state index in [4.69, 9.17) is 17.3 Å². The highest BCUT2D eigenvalue weighted by Gasteiger charge is 2.66. The highest BCUT2D eigenvalue weighted by Crippen LogP contribution is 2.74. The fourth-order valence-electron chi connectivity index (χ4n) is 3.48. The molecule has 0 saturated heterocycles. The lowest BCUT2D eigenvalue weighted by atomic mass is 9.99. The Balaban J connectivity index is 2.18. The molecule has 112 valence electrons. The third-order valence-corrected chi connectivity index (χ3v) is 5.64. The Labute approximate surface area is 128 Å². The minimum atomic E-state index is -0.454. The normalized spacial score (nSPS) is 19.7. The fourth-order valence-corrected chi connectivity index (χ4v) is 3.65. The van der Waals surface area contributed by atoms with E-state index in [1.54, 1.807) is 12.1 Å². The predicted molar refractivity (Wildman–Crippen MR) is 83.7 cm³/mol. The van der Waals surface area contributed by atoms with Gasteiger partial charge >= 0.3 is 0 Å². The molecule has 5 heteroatoms. The summed E-state index contributed by atoms with van der Waals surface area (Å²) in [5.74, 6) is 0.109. The average Bonchev–Trinajstić information content (AvgIpc) is 2.68. The van der Waals surface area contributed by atoms with Crippen LogP contribution in [0, 0.1) is 16.6 Å². The van der Waals surface area contributed by atoms with Gasteiger partial charge in [-0.25, -0.2) is 4.39 Å². The number of nitrogens with one attached hydrogen (secondary N) is 1. The molecule has 0 radical (unpaired) electrons. The maximum atomic E-state index is 14.4. The van der Waals surface area contributed by atoms with Gasteiger partial charge in [-0.15, -0.1) is 0 Å². The first kappa shape index (κ1) is 14.4. The van der Waals surface area contributed by atoms with Crippen LogP contribution in [-0.4, -0.2) is 10.2 Å². The summed E-state index contributed by atoms with van der Waals surface area (Å²) in [6, 6.07) is 4.94. The predicted octanol–water partition coefficient (Wildman–Crippen LogP) is 4.60. The van der Waals surface area contributed by atoms with E-state index in [0.29, 0.717) is 16.9 Å². The SMILES string of the molecule is CC1(C)C(c2[nH]nc(N)c2-c2cccc(Cl)c2F)C1(C)C. The van der Waals surface area contributed by atoms with Crippen molar-refractivity contribution in [3.63, 3.8) is 0 Å². The van der Waals surface area contributed by atoms with Gasteiger partial charge in [-0.3, -0.25) is 5.10 Å². The van der Waals surface area contributed by atoms with Crippen molar-refractivity contribution in [3.05, 3.63) is 34.7 Å². The second-order valence-electron chi connectivity index (χ2n) is 6.88. The van der Waals surface area contributed by atoms with Crippen molar-refractivity contribution in [2.24, 2.45) is 10.8 Å². The van der Waals surface area contributed by atoms with Crippen LogP contribution in [0.5, 0.6) is 0 Å². The Morgan fingerprint density at radius 1 is 1.24 bits per heavy atom. The molecule has 0 atom stereocenters. The van der Waals surface area contributed by atoms with Crippen LogP contribution in [0.1, 0.15) is 39.3 Å². The van der Waals surface area contributed by atoms with Gasteiger partial charge in [0.1, 0.15) is 5.82 Å². The van der Waals surface area contributed by atoms with Crippen molar-refractivity contribution in [2.75, 3.05) is 5.73 Å². The lowest BCUT2D eigenvalue weighted by Crippen LogP contribution is -1.96. The molecule has 1 aliphatic carbocycles. The molecule has 1 fully saturated rings. The van der Waals surface area contributed by atoms with Crippen LogP contribution in [0.3, 0.4) is 0 Å². The number of nitrogen functional groups attached to an aromatic ring is 1. The zero-order valence-electron chi connectivity index (χ0n) is 12.6. The molecule has 1 heterocycles. The number of rotatable bonds is 2. The van der Waals surface area contributed by atoms with Gasteiger partial charge in [-0.2, -0.15) is 5.10 Å². The first-order valence-corrected chi connectivity index (χ1v) is 7.35. The summed E-state index contributed by atoms with van der Waals surface area (Å²) in [7, 11) is 0. The molecule has 1 aliphatic rings. The number of H-pyrrole nitrogens is 1. The summed E-state index contributed by atoms with van der Waals surface area (Å²) in [6.45, 7) is 8.80. The fraction of sp³-hybridized carbons (Fsp3) is 0.438. The number of nitrogens with two attached hydrogens (primary N) is 1. The molecule has 3 rings (SSSR count). The van der Waals surface area contributed by atoms with Gasteiger partial charge in [0.25, 0.3) is 0 Å². The highest BCUT2D eigenvalue weighted by molar-refractivity contribution is 6.31. The smallest absolute Gasteiger partial charge is 0.153 e. The average molecular weight is 308 g/mol. The van der Waals surface area contributed by atoms with Crippen LogP contribution < -0.4 is 5.73 Å². The van der Waals surface area contributed by atoms with Crippen molar-refractivity contribution < 1.29 is 4.39 Å². The zero-order valence-corrected chi connectivity index (χ0v) is 13.3. The van der Waals surface area contributed by atoms with Crippen molar-refractivity contribution >= 4 is 17.4 Å². The topological polar surface area (TPSA) is 54.7 Å². The number of aromatic amines is 1.